The largest absolute Gasteiger partial charge is 3.00 e. The van der Waals surface area contributed by atoms with Crippen LogP contribution in [0.5, 0.6) is 0 Å². The fraction of sp³-hybridized carbons (Fsp3) is 0.107. The minimum atomic E-state index is 0. The van der Waals surface area contributed by atoms with Gasteiger partial charge in [0.05, 0.1) is 0 Å². The van der Waals surface area contributed by atoms with Crippen molar-refractivity contribution in [2.75, 3.05) is 0 Å². The molecule has 4 aromatic carbocycles. The Labute approximate surface area is 216 Å². The first-order valence-corrected chi connectivity index (χ1v) is 9.91. The summed E-state index contributed by atoms with van der Waals surface area (Å²) in [5.41, 5.74) is 6.66. The van der Waals surface area contributed by atoms with Gasteiger partial charge in [-0.3, -0.25) is 0 Å². The second-order valence-corrected chi connectivity index (χ2v) is 7.87. The summed E-state index contributed by atoms with van der Waals surface area (Å²) in [6.45, 7) is 4.29. The van der Waals surface area contributed by atoms with Crippen LogP contribution in [0.25, 0.3) is 33.2 Å². The molecule has 1 unspecified atom stereocenters. The maximum atomic E-state index is 2.35. The molecule has 0 spiro atoms. The van der Waals surface area contributed by atoms with Gasteiger partial charge in [0.1, 0.15) is 0 Å². The molecule has 3 heteroatoms. The molecule has 0 saturated heterocycles. The van der Waals surface area contributed by atoms with Gasteiger partial charge >= 0.3 is 26.2 Å². The second-order valence-electron chi connectivity index (χ2n) is 7.87. The van der Waals surface area contributed by atoms with Gasteiger partial charge in [0.2, 0.25) is 0 Å². The molecule has 1 aliphatic rings. The molecule has 1 atom stereocenters. The van der Waals surface area contributed by atoms with Crippen molar-refractivity contribution in [1.29, 1.82) is 0 Å². The SMILES string of the molecule is CC(C)=Cc1cccc(C2=CC=CC2c2cccc3c2[cH-]c2ccccc23)c1.[Cl-].[Cl-].[Zr+3]. The number of hydrogen-bond acceptors (Lipinski definition) is 0. The van der Waals surface area contributed by atoms with Crippen molar-refractivity contribution in [3.05, 3.63) is 113 Å². The summed E-state index contributed by atoms with van der Waals surface area (Å²) < 4.78 is 0. The summed E-state index contributed by atoms with van der Waals surface area (Å²) in [5, 5.41) is 5.39. The Morgan fingerprint density at radius 3 is 2.42 bits per heavy atom. The molecule has 0 heterocycles. The van der Waals surface area contributed by atoms with E-state index in [1.807, 2.05) is 0 Å². The Balaban J connectivity index is 0.00000114. The van der Waals surface area contributed by atoms with E-state index < -0.39 is 0 Å². The summed E-state index contributed by atoms with van der Waals surface area (Å²) >= 11 is 0. The summed E-state index contributed by atoms with van der Waals surface area (Å²) in [7, 11) is 0. The van der Waals surface area contributed by atoms with Gasteiger partial charge in [-0.05, 0) is 36.6 Å². The van der Waals surface area contributed by atoms with E-state index in [4.69, 9.17) is 0 Å². The van der Waals surface area contributed by atoms with Gasteiger partial charge in [-0.15, -0.1) is 33.7 Å². The van der Waals surface area contributed by atoms with Crippen molar-refractivity contribution in [2.24, 2.45) is 0 Å². The zero-order valence-corrected chi connectivity index (χ0v) is 21.5. The van der Waals surface area contributed by atoms with Gasteiger partial charge in [-0.2, -0.15) is 0 Å². The smallest absolute Gasteiger partial charge is 1.00 e. The molecule has 0 bridgehead atoms. The van der Waals surface area contributed by atoms with E-state index in [1.54, 1.807) is 0 Å². The first kappa shape index (κ1) is 25.5. The van der Waals surface area contributed by atoms with E-state index in [-0.39, 0.29) is 51.0 Å². The van der Waals surface area contributed by atoms with E-state index in [1.165, 1.54) is 49.4 Å². The normalized spacial score (nSPS) is 14.4. The van der Waals surface area contributed by atoms with Crippen LogP contribution in [0.2, 0.25) is 0 Å². The Morgan fingerprint density at radius 1 is 0.871 bits per heavy atom. The fourth-order valence-electron chi connectivity index (χ4n) is 4.44. The van der Waals surface area contributed by atoms with Crippen LogP contribution in [-0.2, 0) is 26.2 Å². The molecule has 0 fully saturated rings. The first-order chi connectivity index (χ1) is 13.7. The van der Waals surface area contributed by atoms with Crippen LogP contribution in [0, 0.1) is 0 Å². The molecular weight excluding hydrogens is 498 g/mol. The van der Waals surface area contributed by atoms with E-state index in [0.29, 0.717) is 5.92 Å². The molecule has 4 aromatic rings. The van der Waals surface area contributed by atoms with E-state index in [9.17, 15) is 0 Å². The number of hydrogen-bond donors (Lipinski definition) is 0. The zero-order valence-electron chi connectivity index (χ0n) is 17.6. The molecular formula is C28H23Cl2Zr. The van der Waals surface area contributed by atoms with Crippen molar-refractivity contribution < 1.29 is 51.0 Å². The van der Waals surface area contributed by atoms with Gasteiger partial charge < -0.3 is 24.8 Å². The fourth-order valence-corrected chi connectivity index (χ4v) is 4.44. The molecule has 0 nitrogen and oxygen atoms in total. The Bertz CT molecular complexity index is 1290. The average molecular weight is 522 g/mol. The Morgan fingerprint density at radius 2 is 1.61 bits per heavy atom. The topological polar surface area (TPSA) is 0 Å². The maximum absolute atomic E-state index is 2.35. The van der Waals surface area contributed by atoms with Gasteiger partial charge in [-0.1, -0.05) is 90.0 Å². The molecule has 153 valence electrons. The number of benzene rings is 3. The first-order valence-electron chi connectivity index (χ1n) is 9.91. The van der Waals surface area contributed by atoms with Gasteiger partial charge in [0.25, 0.3) is 0 Å². The van der Waals surface area contributed by atoms with E-state index in [2.05, 4.69) is 111 Å². The number of fused-ring (bicyclic) bond motifs is 3. The summed E-state index contributed by atoms with van der Waals surface area (Å²) in [6.07, 6.45) is 9.05. The van der Waals surface area contributed by atoms with Crippen LogP contribution in [0.4, 0.5) is 0 Å². The molecule has 5 rings (SSSR count). The number of rotatable bonds is 3. The third-order valence-electron chi connectivity index (χ3n) is 5.62. The molecule has 0 aromatic heterocycles. The zero-order chi connectivity index (χ0) is 19.1. The van der Waals surface area contributed by atoms with Crippen LogP contribution in [-0.4, -0.2) is 0 Å². The summed E-state index contributed by atoms with van der Waals surface area (Å²) in [5.74, 6) is 0.294. The van der Waals surface area contributed by atoms with Crippen molar-refractivity contribution in [3.63, 3.8) is 0 Å². The number of allylic oxidation sites excluding steroid dienone is 5. The molecule has 31 heavy (non-hydrogen) atoms. The van der Waals surface area contributed by atoms with Gasteiger partial charge in [-0.25, -0.2) is 0 Å². The monoisotopic (exact) mass is 519 g/mol. The molecule has 1 radical (unpaired) electrons. The average Bonchev–Trinajstić information content (AvgIpc) is 3.32. The van der Waals surface area contributed by atoms with Crippen LogP contribution >= 0.6 is 0 Å². The third kappa shape index (κ3) is 4.85. The predicted molar refractivity (Wildman–Crippen MR) is 123 cm³/mol. The van der Waals surface area contributed by atoms with Gasteiger partial charge in [0, 0.05) is 5.92 Å². The van der Waals surface area contributed by atoms with E-state index in [0.717, 1.165) is 0 Å². The molecule has 1 aliphatic carbocycles. The quantitative estimate of drug-likeness (QED) is 0.362. The standard InChI is InChI=1S/C28H23.2ClH.Zr/c1-19(2)16-20-8-5-10-21(17-20)24-12-6-13-25(24)27-15-7-14-26-23-11-4-3-9-22(23)18-28(26)27;;;/h3-18,25H,1-2H3;2*1H;/q-1;;;+3/p-2. The summed E-state index contributed by atoms with van der Waals surface area (Å²) in [6, 6.07) is 26.7. The van der Waals surface area contributed by atoms with Crippen LogP contribution in [0.1, 0.15) is 36.5 Å². The molecule has 0 saturated carbocycles. The van der Waals surface area contributed by atoms with Crippen molar-refractivity contribution >= 4 is 33.2 Å². The molecule has 0 N–H and O–H groups in total. The van der Waals surface area contributed by atoms with Crippen molar-refractivity contribution in [2.45, 2.75) is 19.8 Å². The second kappa shape index (κ2) is 10.7. The minimum Gasteiger partial charge on any atom is -1.00 e. The van der Waals surface area contributed by atoms with E-state index >= 15 is 0 Å². The van der Waals surface area contributed by atoms with Crippen LogP contribution in [0.3, 0.4) is 0 Å². The van der Waals surface area contributed by atoms with Crippen molar-refractivity contribution in [1.82, 2.24) is 0 Å². The van der Waals surface area contributed by atoms with Crippen LogP contribution < -0.4 is 24.8 Å². The minimum absolute atomic E-state index is 0. The number of halogens is 2. The maximum Gasteiger partial charge on any atom is 3.00 e. The predicted octanol–water partition coefficient (Wildman–Crippen LogP) is 1.88. The molecule has 0 aliphatic heterocycles. The Hall–Kier alpha value is -1.79. The molecule has 0 amide bonds. The Kier molecular flexibility index (Phi) is 8.78. The van der Waals surface area contributed by atoms with Crippen LogP contribution in [0.15, 0.2) is 96.6 Å². The summed E-state index contributed by atoms with van der Waals surface area (Å²) in [4.78, 5) is 0. The van der Waals surface area contributed by atoms with Crippen molar-refractivity contribution in [3.8, 4) is 0 Å². The third-order valence-corrected chi connectivity index (χ3v) is 5.62. The van der Waals surface area contributed by atoms with Gasteiger partial charge in [0.15, 0.2) is 0 Å².